The van der Waals surface area contributed by atoms with E-state index in [-0.39, 0.29) is 24.9 Å². The van der Waals surface area contributed by atoms with Gasteiger partial charge in [-0.15, -0.1) is 0 Å². The van der Waals surface area contributed by atoms with Gasteiger partial charge in [0, 0.05) is 25.1 Å². The highest BCUT2D eigenvalue weighted by molar-refractivity contribution is 7.88. The van der Waals surface area contributed by atoms with Crippen molar-refractivity contribution >= 4 is 21.7 Å². The third kappa shape index (κ3) is 4.53. The zero-order valence-corrected chi connectivity index (χ0v) is 13.1. The van der Waals surface area contributed by atoms with Gasteiger partial charge >= 0.3 is 0 Å². The molecule has 21 heavy (non-hydrogen) atoms. The lowest BCUT2D eigenvalue weighted by atomic mass is 10.2. The SMILES string of the molecule is Cc1cc(NC(=O)CCN(C2CCCC2)S(C)(=O)=O)no1. The van der Waals surface area contributed by atoms with Crippen molar-refractivity contribution in [3.63, 3.8) is 0 Å². The van der Waals surface area contributed by atoms with Gasteiger partial charge in [0.05, 0.1) is 6.26 Å². The van der Waals surface area contributed by atoms with Crippen LogP contribution in [0.25, 0.3) is 0 Å². The first-order valence-corrected chi connectivity index (χ1v) is 8.91. The second-order valence-corrected chi connectivity index (χ2v) is 7.37. The molecule has 1 aromatic rings. The molecule has 1 aliphatic carbocycles. The highest BCUT2D eigenvalue weighted by Gasteiger charge is 2.29. The quantitative estimate of drug-likeness (QED) is 0.859. The second kappa shape index (κ2) is 6.57. The van der Waals surface area contributed by atoms with E-state index in [2.05, 4.69) is 10.5 Å². The van der Waals surface area contributed by atoms with Crippen LogP contribution in [0.2, 0.25) is 0 Å². The van der Waals surface area contributed by atoms with Gasteiger partial charge in [0.25, 0.3) is 0 Å². The first-order valence-electron chi connectivity index (χ1n) is 7.06. The topological polar surface area (TPSA) is 92.5 Å². The maximum atomic E-state index is 11.9. The van der Waals surface area contributed by atoms with E-state index in [0.29, 0.717) is 11.6 Å². The first kappa shape index (κ1) is 16.0. The van der Waals surface area contributed by atoms with E-state index in [9.17, 15) is 13.2 Å². The van der Waals surface area contributed by atoms with Gasteiger partial charge in [-0.1, -0.05) is 18.0 Å². The fraction of sp³-hybridized carbons (Fsp3) is 0.692. The molecule has 1 N–H and O–H groups in total. The Morgan fingerprint density at radius 1 is 1.48 bits per heavy atom. The summed E-state index contributed by atoms with van der Waals surface area (Å²) >= 11 is 0. The van der Waals surface area contributed by atoms with Crippen molar-refractivity contribution in [3.05, 3.63) is 11.8 Å². The molecule has 0 aromatic carbocycles. The molecule has 0 radical (unpaired) electrons. The predicted molar refractivity (Wildman–Crippen MR) is 78.3 cm³/mol. The largest absolute Gasteiger partial charge is 0.360 e. The number of carbonyl (C=O) groups is 1. The Kier molecular flexibility index (Phi) is 5.00. The highest BCUT2D eigenvalue weighted by Crippen LogP contribution is 2.25. The summed E-state index contributed by atoms with van der Waals surface area (Å²) in [4.78, 5) is 11.9. The molecule has 1 heterocycles. The van der Waals surface area contributed by atoms with E-state index in [1.54, 1.807) is 13.0 Å². The lowest BCUT2D eigenvalue weighted by Gasteiger charge is -2.26. The van der Waals surface area contributed by atoms with Gasteiger partial charge in [-0.3, -0.25) is 4.79 Å². The summed E-state index contributed by atoms with van der Waals surface area (Å²) in [6.07, 6.45) is 5.14. The maximum absolute atomic E-state index is 11.9. The average molecular weight is 315 g/mol. The van der Waals surface area contributed by atoms with Crippen molar-refractivity contribution in [2.24, 2.45) is 0 Å². The number of hydrogen-bond donors (Lipinski definition) is 1. The van der Waals surface area contributed by atoms with Crippen LogP contribution < -0.4 is 5.32 Å². The van der Waals surface area contributed by atoms with E-state index in [4.69, 9.17) is 4.52 Å². The van der Waals surface area contributed by atoms with Crippen molar-refractivity contribution in [1.82, 2.24) is 9.46 Å². The second-order valence-electron chi connectivity index (χ2n) is 5.43. The number of sulfonamides is 1. The van der Waals surface area contributed by atoms with Gasteiger partial charge in [0.2, 0.25) is 15.9 Å². The minimum Gasteiger partial charge on any atom is -0.360 e. The Morgan fingerprint density at radius 2 is 2.14 bits per heavy atom. The van der Waals surface area contributed by atoms with E-state index < -0.39 is 10.0 Å². The van der Waals surface area contributed by atoms with Crippen LogP contribution in [0, 0.1) is 6.92 Å². The number of nitrogens with one attached hydrogen (secondary N) is 1. The van der Waals surface area contributed by atoms with E-state index >= 15 is 0 Å². The van der Waals surface area contributed by atoms with Crippen molar-refractivity contribution in [2.45, 2.75) is 45.1 Å². The standard InChI is InChI=1S/C13H21N3O4S/c1-10-9-12(15-20-10)14-13(17)7-8-16(21(2,18)19)11-5-3-4-6-11/h9,11H,3-8H2,1-2H3,(H,14,15,17). The first-order chi connectivity index (χ1) is 9.86. The van der Waals surface area contributed by atoms with Crippen LogP contribution in [0.1, 0.15) is 37.9 Å². The molecule has 1 fully saturated rings. The fourth-order valence-corrected chi connectivity index (χ4v) is 3.83. The Labute approximate surface area is 124 Å². The van der Waals surface area contributed by atoms with Crippen molar-refractivity contribution in [2.75, 3.05) is 18.1 Å². The normalized spacial score (nSPS) is 16.5. The molecule has 118 valence electrons. The molecular weight excluding hydrogens is 294 g/mol. The molecule has 2 rings (SSSR count). The minimum absolute atomic E-state index is 0.0297. The number of nitrogens with zero attached hydrogens (tertiary/aromatic N) is 2. The average Bonchev–Trinajstić information content (AvgIpc) is 3.00. The molecule has 1 aliphatic rings. The molecular formula is C13H21N3O4S. The maximum Gasteiger partial charge on any atom is 0.226 e. The van der Waals surface area contributed by atoms with Gasteiger partial charge in [0.15, 0.2) is 5.82 Å². The summed E-state index contributed by atoms with van der Waals surface area (Å²) < 4.78 is 30.0. The number of aromatic nitrogens is 1. The van der Waals surface area contributed by atoms with Crippen LogP contribution in [-0.4, -0.2) is 42.6 Å². The molecule has 0 atom stereocenters. The van der Waals surface area contributed by atoms with Gasteiger partial charge in [0.1, 0.15) is 5.76 Å². The van der Waals surface area contributed by atoms with Crippen molar-refractivity contribution < 1.29 is 17.7 Å². The predicted octanol–water partition coefficient (Wildman–Crippen LogP) is 1.52. The van der Waals surface area contributed by atoms with Gasteiger partial charge in [-0.05, 0) is 19.8 Å². The fourth-order valence-electron chi connectivity index (χ4n) is 2.65. The van der Waals surface area contributed by atoms with Crippen molar-refractivity contribution in [1.29, 1.82) is 0 Å². The molecule has 0 aliphatic heterocycles. The van der Waals surface area contributed by atoms with E-state index in [1.807, 2.05) is 0 Å². The third-order valence-corrected chi connectivity index (χ3v) is 4.95. The van der Waals surface area contributed by atoms with Crippen LogP contribution in [0.4, 0.5) is 5.82 Å². The minimum atomic E-state index is -3.29. The molecule has 1 aromatic heterocycles. The molecule has 0 bridgehead atoms. The van der Waals surface area contributed by atoms with Gasteiger partial charge < -0.3 is 9.84 Å². The van der Waals surface area contributed by atoms with Gasteiger partial charge in [-0.2, -0.15) is 4.31 Å². The van der Waals surface area contributed by atoms with Crippen LogP contribution in [0.15, 0.2) is 10.6 Å². The number of amides is 1. The number of anilines is 1. The summed E-state index contributed by atoms with van der Waals surface area (Å²) in [5, 5.41) is 6.27. The van der Waals surface area contributed by atoms with E-state index in [1.165, 1.54) is 10.6 Å². The van der Waals surface area contributed by atoms with Crippen LogP contribution in [0.3, 0.4) is 0 Å². The summed E-state index contributed by atoms with van der Waals surface area (Å²) in [5.74, 6) is 0.688. The van der Waals surface area contributed by atoms with Gasteiger partial charge in [-0.25, -0.2) is 8.42 Å². The van der Waals surface area contributed by atoms with Crippen molar-refractivity contribution in [3.8, 4) is 0 Å². The zero-order chi connectivity index (χ0) is 15.5. The molecule has 1 saturated carbocycles. The zero-order valence-electron chi connectivity index (χ0n) is 12.3. The molecule has 7 nitrogen and oxygen atoms in total. The lowest BCUT2D eigenvalue weighted by molar-refractivity contribution is -0.116. The Hall–Kier alpha value is -1.41. The lowest BCUT2D eigenvalue weighted by Crippen LogP contribution is -2.39. The smallest absolute Gasteiger partial charge is 0.226 e. The molecule has 0 saturated heterocycles. The number of carbonyl (C=O) groups excluding carboxylic acids is 1. The molecule has 0 unspecified atom stereocenters. The van der Waals surface area contributed by atoms with Crippen LogP contribution in [0.5, 0.6) is 0 Å². The summed E-state index contributed by atoms with van der Waals surface area (Å²) in [6.45, 7) is 1.93. The number of rotatable bonds is 6. The molecule has 1 amide bonds. The number of aryl methyl sites for hydroxylation is 1. The summed E-state index contributed by atoms with van der Waals surface area (Å²) in [5.41, 5.74) is 0. The van der Waals surface area contributed by atoms with E-state index in [0.717, 1.165) is 25.7 Å². The molecule has 8 heteroatoms. The summed E-state index contributed by atoms with van der Waals surface area (Å²) in [7, 11) is -3.29. The molecule has 0 spiro atoms. The third-order valence-electron chi connectivity index (χ3n) is 3.61. The van der Waals surface area contributed by atoms with Crippen LogP contribution >= 0.6 is 0 Å². The number of hydrogen-bond acceptors (Lipinski definition) is 5. The monoisotopic (exact) mass is 315 g/mol. The highest BCUT2D eigenvalue weighted by atomic mass is 32.2. The Morgan fingerprint density at radius 3 is 2.67 bits per heavy atom. The Bertz CT molecular complexity index is 590. The van der Waals surface area contributed by atoms with Crippen LogP contribution in [-0.2, 0) is 14.8 Å². The Balaban J connectivity index is 1.90. The summed E-state index contributed by atoms with van der Waals surface area (Å²) in [6, 6.07) is 1.64.